The van der Waals surface area contributed by atoms with Crippen LogP contribution in [0, 0.1) is 0 Å². The van der Waals surface area contributed by atoms with E-state index < -0.39 is 5.97 Å². The number of carbonyl (C=O) groups is 2. The molecule has 3 aromatic rings. The topological polar surface area (TPSA) is 97.8 Å². The maximum atomic E-state index is 12.9. The molecule has 0 bridgehead atoms. The SMILES string of the molecule is CCOc1ccc(CCNC(=O)c2ccc3c(SCC(=O)O)c4c(nc3c2)CCC4)cc1OCC. The summed E-state index contributed by atoms with van der Waals surface area (Å²) in [6, 6.07) is 11.3. The Morgan fingerprint density at radius 3 is 2.63 bits per heavy atom. The number of nitrogens with zero attached hydrogens (tertiary/aromatic N) is 1. The molecule has 184 valence electrons. The number of nitrogens with one attached hydrogen (secondary N) is 1. The Balaban J connectivity index is 1.46. The van der Waals surface area contributed by atoms with Gasteiger partial charge in [-0.05, 0) is 74.9 Å². The van der Waals surface area contributed by atoms with Gasteiger partial charge in [-0.3, -0.25) is 14.6 Å². The number of carboxylic acids is 1. The van der Waals surface area contributed by atoms with Crippen LogP contribution in [-0.2, 0) is 24.1 Å². The molecular formula is C27H30N2O5S. The Hall–Kier alpha value is -3.26. The van der Waals surface area contributed by atoms with E-state index in [1.54, 1.807) is 12.1 Å². The van der Waals surface area contributed by atoms with Gasteiger partial charge in [0.15, 0.2) is 11.5 Å². The summed E-state index contributed by atoms with van der Waals surface area (Å²) < 4.78 is 11.3. The average molecular weight is 495 g/mol. The molecule has 0 atom stereocenters. The van der Waals surface area contributed by atoms with Gasteiger partial charge in [0.1, 0.15) is 0 Å². The molecule has 2 aromatic carbocycles. The summed E-state index contributed by atoms with van der Waals surface area (Å²) in [5, 5.41) is 13.1. The molecule has 1 aliphatic rings. The Morgan fingerprint density at radius 2 is 1.86 bits per heavy atom. The lowest BCUT2D eigenvalue weighted by molar-refractivity contribution is -0.133. The Bertz CT molecular complexity index is 1240. The van der Waals surface area contributed by atoms with Gasteiger partial charge in [0.2, 0.25) is 0 Å². The minimum absolute atomic E-state index is 0.00432. The highest BCUT2D eigenvalue weighted by molar-refractivity contribution is 8.00. The summed E-state index contributed by atoms with van der Waals surface area (Å²) in [5.74, 6) is 0.430. The number of pyridine rings is 1. The van der Waals surface area contributed by atoms with Crippen molar-refractivity contribution in [2.24, 2.45) is 0 Å². The summed E-state index contributed by atoms with van der Waals surface area (Å²) in [6.07, 6.45) is 3.48. The van der Waals surface area contributed by atoms with Crippen LogP contribution in [-0.4, -0.2) is 47.5 Å². The zero-order valence-electron chi connectivity index (χ0n) is 20.1. The number of hydrogen-bond acceptors (Lipinski definition) is 6. The van der Waals surface area contributed by atoms with Gasteiger partial charge in [-0.15, -0.1) is 11.8 Å². The quantitative estimate of drug-likeness (QED) is 0.374. The molecule has 4 rings (SSSR count). The molecule has 0 spiro atoms. The molecule has 0 saturated heterocycles. The van der Waals surface area contributed by atoms with Crippen molar-refractivity contribution in [3.05, 3.63) is 58.8 Å². The van der Waals surface area contributed by atoms with Gasteiger partial charge in [0, 0.05) is 28.1 Å². The zero-order valence-corrected chi connectivity index (χ0v) is 20.9. The summed E-state index contributed by atoms with van der Waals surface area (Å²) in [7, 11) is 0. The molecule has 8 heteroatoms. The fourth-order valence-electron chi connectivity index (χ4n) is 4.33. The van der Waals surface area contributed by atoms with E-state index in [4.69, 9.17) is 19.6 Å². The summed E-state index contributed by atoms with van der Waals surface area (Å²) in [4.78, 5) is 29.8. The first-order valence-electron chi connectivity index (χ1n) is 12.0. The third-order valence-electron chi connectivity index (χ3n) is 5.87. The molecule has 0 radical (unpaired) electrons. The van der Waals surface area contributed by atoms with Crippen LogP contribution >= 0.6 is 11.8 Å². The van der Waals surface area contributed by atoms with E-state index in [1.165, 1.54) is 11.8 Å². The van der Waals surface area contributed by atoms with Crippen LogP contribution in [0.1, 0.15) is 47.4 Å². The van der Waals surface area contributed by atoms with Gasteiger partial charge >= 0.3 is 5.97 Å². The van der Waals surface area contributed by atoms with Gasteiger partial charge in [0.25, 0.3) is 5.91 Å². The third-order valence-corrected chi connectivity index (χ3v) is 7.02. The lowest BCUT2D eigenvalue weighted by atomic mass is 10.1. The summed E-state index contributed by atoms with van der Waals surface area (Å²) in [6.45, 7) is 5.47. The summed E-state index contributed by atoms with van der Waals surface area (Å²) >= 11 is 1.34. The van der Waals surface area contributed by atoms with E-state index in [1.807, 2.05) is 38.1 Å². The smallest absolute Gasteiger partial charge is 0.313 e. The maximum Gasteiger partial charge on any atom is 0.313 e. The van der Waals surface area contributed by atoms with Gasteiger partial charge in [-0.1, -0.05) is 12.1 Å². The van der Waals surface area contributed by atoms with Crippen molar-refractivity contribution in [1.29, 1.82) is 0 Å². The summed E-state index contributed by atoms with van der Waals surface area (Å²) in [5.41, 5.74) is 4.50. The van der Waals surface area contributed by atoms with Crippen LogP contribution in [0.15, 0.2) is 41.3 Å². The molecule has 0 fully saturated rings. The average Bonchev–Trinajstić information content (AvgIpc) is 3.31. The molecule has 1 amide bonds. The highest BCUT2D eigenvalue weighted by Crippen LogP contribution is 2.37. The number of aliphatic carboxylic acids is 1. The van der Waals surface area contributed by atoms with Crippen molar-refractivity contribution >= 4 is 34.5 Å². The number of benzene rings is 2. The normalized spacial score (nSPS) is 12.4. The first kappa shape index (κ1) is 24.9. The third kappa shape index (κ3) is 5.88. The van der Waals surface area contributed by atoms with Crippen molar-refractivity contribution < 1.29 is 24.2 Å². The number of thioether (sulfide) groups is 1. The van der Waals surface area contributed by atoms with Crippen LogP contribution in [0.2, 0.25) is 0 Å². The predicted molar refractivity (Wildman–Crippen MR) is 137 cm³/mol. The van der Waals surface area contributed by atoms with E-state index in [0.29, 0.717) is 37.5 Å². The molecule has 7 nitrogen and oxygen atoms in total. The molecule has 0 unspecified atom stereocenters. The Kier molecular flexibility index (Phi) is 8.13. The molecule has 35 heavy (non-hydrogen) atoms. The Labute approximate surface area is 209 Å². The number of ether oxygens (including phenoxy) is 2. The number of hydrogen-bond donors (Lipinski definition) is 2. The minimum atomic E-state index is -0.844. The van der Waals surface area contributed by atoms with E-state index in [0.717, 1.165) is 57.6 Å². The van der Waals surface area contributed by atoms with E-state index >= 15 is 0 Å². The molecular weight excluding hydrogens is 464 g/mol. The second-order valence-corrected chi connectivity index (χ2v) is 9.27. The lowest BCUT2D eigenvalue weighted by Crippen LogP contribution is -2.25. The zero-order chi connectivity index (χ0) is 24.8. The van der Waals surface area contributed by atoms with E-state index in [-0.39, 0.29) is 11.7 Å². The van der Waals surface area contributed by atoms with Crippen LogP contribution in [0.25, 0.3) is 10.9 Å². The van der Waals surface area contributed by atoms with Crippen LogP contribution in [0.4, 0.5) is 0 Å². The molecule has 0 saturated carbocycles. The molecule has 2 N–H and O–H groups in total. The standard InChI is InChI=1S/C27H30N2O5S/c1-3-33-23-11-8-17(14-24(23)34-4-2)12-13-28-27(32)18-9-10-20-22(15-18)29-21-7-5-6-19(21)26(20)35-16-25(30)31/h8-11,14-15H,3-7,12-13,16H2,1-2H3,(H,28,32)(H,30,31). The highest BCUT2D eigenvalue weighted by Gasteiger charge is 2.21. The van der Waals surface area contributed by atoms with Crippen molar-refractivity contribution in [3.63, 3.8) is 0 Å². The number of fused-ring (bicyclic) bond motifs is 2. The van der Waals surface area contributed by atoms with Crippen molar-refractivity contribution in [1.82, 2.24) is 10.3 Å². The van der Waals surface area contributed by atoms with Crippen LogP contribution in [0.3, 0.4) is 0 Å². The lowest BCUT2D eigenvalue weighted by Gasteiger charge is -2.13. The number of carbonyl (C=O) groups excluding carboxylic acids is 1. The van der Waals surface area contributed by atoms with Gasteiger partial charge in [-0.25, -0.2) is 0 Å². The van der Waals surface area contributed by atoms with Gasteiger partial charge in [0.05, 0.1) is 24.5 Å². The number of aryl methyl sites for hydroxylation is 1. The number of rotatable bonds is 11. The molecule has 1 aromatic heterocycles. The van der Waals surface area contributed by atoms with Gasteiger partial charge < -0.3 is 19.9 Å². The molecule has 1 aliphatic carbocycles. The first-order chi connectivity index (χ1) is 17.0. The highest BCUT2D eigenvalue weighted by atomic mass is 32.2. The Morgan fingerprint density at radius 1 is 1.06 bits per heavy atom. The number of carboxylic acid groups (broad SMARTS) is 1. The van der Waals surface area contributed by atoms with E-state index in [9.17, 15) is 9.59 Å². The monoisotopic (exact) mass is 494 g/mol. The van der Waals surface area contributed by atoms with Crippen LogP contribution in [0.5, 0.6) is 11.5 Å². The van der Waals surface area contributed by atoms with Crippen LogP contribution < -0.4 is 14.8 Å². The largest absolute Gasteiger partial charge is 0.490 e. The van der Waals surface area contributed by atoms with Crippen molar-refractivity contribution in [3.8, 4) is 11.5 Å². The second-order valence-electron chi connectivity index (χ2n) is 8.29. The first-order valence-corrected chi connectivity index (χ1v) is 13.0. The molecule has 1 heterocycles. The van der Waals surface area contributed by atoms with E-state index in [2.05, 4.69) is 5.32 Å². The maximum absolute atomic E-state index is 12.9. The second kappa shape index (κ2) is 11.4. The van der Waals surface area contributed by atoms with Crippen molar-refractivity contribution in [2.75, 3.05) is 25.5 Å². The minimum Gasteiger partial charge on any atom is -0.490 e. The predicted octanol–water partition coefficient (Wildman–Crippen LogP) is 4.67. The van der Waals surface area contributed by atoms with Crippen molar-refractivity contribution in [2.45, 2.75) is 44.4 Å². The number of aromatic nitrogens is 1. The number of amides is 1. The fourth-order valence-corrected chi connectivity index (χ4v) is 5.32. The van der Waals surface area contributed by atoms with Gasteiger partial charge in [-0.2, -0.15) is 0 Å². The molecule has 0 aliphatic heterocycles. The fraction of sp³-hybridized carbons (Fsp3) is 0.370.